The highest BCUT2D eigenvalue weighted by Crippen LogP contribution is 2.43. The van der Waals surface area contributed by atoms with Crippen molar-refractivity contribution in [2.45, 2.75) is 51.5 Å². The molecule has 0 aliphatic heterocycles. The summed E-state index contributed by atoms with van der Waals surface area (Å²) in [6.07, 6.45) is 4.47. The van der Waals surface area contributed by atoms with Crippen LogP contribution in [0.2, 0.25) is 0 Å². The molecule has 0 aromatic rings. The van der Waals surface area contributed by atoms with E-state index in [4.69, 9.17) is 10.8 Å². The van der Waals surface area contributed by atoms with E-state index < -0.39 is 12.0 Å². The normalized spacial score (nSPS) is 19.2. The molecule has 4 N–H and O–H groups in total. The smallest absolute Gasteiger partial charge is 0.303 e. The van der Waals surface area contributed by atoms with Crippen molar-refractivity contribution in [1.82, 2.24) is 5.32 Å². The molecule has 1 aliphatic rings. The van der Waals surface area contributed by atoms with Crippen LogP contribution in [0.25, 0.3) is 0 Å². The topological polar surface area (TPSA) is 92.4 Å². The van der Waals surface area contributed by atoms with Crippen molar-refractivity contribution in [1.29, 1.82) is 0 Å². The Labute approximate surface area is 102 Å². The maximum absolute atomic E-state index is 11.6. The summed E-state index contributed by atoms with van der Waals surface area (Å²) in [5, 5.41) is 11.6. The third-order valence-electron chi connectivity index (χ3n) is 3.51. The minimum Gasteiger partial charge on any atom is -0.481 e. The Morgan fingerprint density at radius 1 is 1.47 bits per heavy atom. The van der Waals surface area contributed by atoms with Gasteiger partial charge in [0.25, 0.3) is 0 Å². The van der Waals surface area contributed by atoms with Crippen molar-refractivity contribution >= 4 is 11.9 Å². The molecule has 1 saturated carbocycles. The van der Waals surface area contributed by atoms with Gasteiger partial charge in [-0.3, -0.25) is 9.59 Å². The van der Waals surface area contributed by atoms with Gasteiger partial charge in [0.1, 0.15) is 0 Å². The highest BCUT2D eigenvalue weighted by atomic mass is 16.4. The number of rotatable bonds is 7. The zero-order valence-electron chi connectivity index (χ0n) is 10.4. The zero-order chi connectivity index (χ0) is 12.9. The van der Waals surface area contributed by atoms with Crippen molar-refractivity contribution in [3.05, 3.63) is 0 Å². The van der Waals surface area contributed by atoms with E-state index in [0.717, 1.165) is 25.7 Å². The Balaban J connectivity index is 2.37. The Hall–Kier alpha value is -1.10. The molecule has 0 radical (unpaired) electrons. The Kier molecular flexibility index (Phi) is 4.93. The Bertz CT molecular complexity index is 287. The lowest BCUT2D eigenvalue weighted by Gasteiger charge is -2.41. The Morgan fingerprint density at radius 2 is 2.12 bits per heavy atom. The highest BCUT2D eigenvalue weighted by molar-refractivity contribution is 5.81. The molecule has 5 heteroatoms. The fraction of sp³-hybridized carbons (Fsp3) is 0.833. The van der Waals surface area contributed by atoms with E-state index in [-0.39, 0.29) is 17.7 Å². The lowest BCUT2D eigenvalue weighted by Crippen LogP contribution is -2.48. The first-order chi connectivity index (χ1) is 7.99. The van der Waals surface area contributed by atoms with Crippen LogP contribution in [0, 0.1) is 5.41 Å². The van der Waals surface area contributed by atoms with Gasteiger partial charge >= 0.3 is 5.97 Å². The van der Waals surface area contributed by atoms with Crippen LogP contribution in [0.15, 0.2) is 0 Å². The number of aliphatic carboxylic acids is 1. The number of nitrogens with one attached hydrogen (secondary N) is 1. The van der Waals surface area contributed by atoms with Crippen molar-refractivity contribution < 1.29 is 14.7 Å². The molecule has 1 rings (SSSR count). The average Bonchev–Trinajstić information content (AvgIpc) is 2.21. The van der Waals surface area contributed by atoms with E-state index >= 15 is 0 Å². The second-order valence-corrected chi connectivity index (χ2v) is 5.04. The molecule has 0 spiro atoms. The maximum Gasteiger partial charge on any atom is 0.303 e. The van der Waals surface area contributed by atoms with Gasteiger partial charge in [-0.25, -0.2) is 0 Å². The molecule has 0 bridgehead atoms. The Morgan fingerprint density at radius 3 is 2.53 bits per heavy atom. The molecule has 1 fully saturated rings. The molecule has 5 nitrogen and oxygen atoms in total. The fourth-order valence-corrected chi connectivity index (χ4v) is 2.26. The fourth-order valence-electron chi connectivity index (χ4n) is 2.26. The van der Waals surface area contributed by atoms with Gasteiger partial charge in [0.05, 0.1) is 12.5 Å². The molecule has 0 aromatic carbocycles. The molecular formula is C12H22N2O3. The van der Waals surface area contributed by atoms with Gasteiger partial charge in [-0.15, -0.1) is 0 Å². The quantitative estimate of drug-likeness (QED) is 0.617. The summed E-state index contributed by atoms with van der Waals surface area (Å²) in [4.78, 5) is 22.4. The van der Waals surface area contributed by atoms with Gasteiger partial charge in [0.2, 0.25) is 5.91 Å². The van der Waals surface area contributed by atoms with Crippen LogP contribution in [0.1, 0.15) is 45.4 Å². The van der Waals surface area contributed by atoms with Gasteiger partial charge in [0.15, 0.2) is 0 Å². The third kappa shape index (κ3) is 4.00. The predicted molar refractivity (Wildman–Crippen MR) is 64.4 cm³/mol. The minimum absolute atomic E-state index is 0.135. The van der Waals surface area contributed by atoms with Gasteiger partial charge in [0, 0.05) is 6.54 Å². The van der Waals surface area contributed by atoms with Gasteiger partial charge in [-0.05, 0) is 24.7 Å². The molecular weight excluding hydrogens is 220 g/mol. The monoisotopic (exact) mass is 242 g/mol. The van der Waals surface area contributed by atoms with Crippen LogP contribution in [-0.4, -0.2) is 29.6 Å². The average molecular weight is 242 g/mol. The van der Waals surface area contributed by atoms with Gasteiger partial charge < -0.3 is 16.2 Å². The molecule has 98 valence electrons. The predicted octanol–water partition coefficient (Wildman–Crippen LogP) is 0.875. The number of carbonyl (C=O) groups excluding carboxylic acids is 1. The first-order valence-electron chi connectivity index (χ1n) is 6.24. The second kappa shape index (κ2) is 6.00. The summed E-state index contributed by atoms with van der Waals surface area (Å²) in [5.41, 5.74) is 5.46. The van der Waals surface area contributed by atoms with Crippen molar-refractivity contribution in [3.63, 3.8) is 0 Å². The molecule has 1 aliphatic carbocycles. The third-order valence-corrected chi connectivity index (χ3v) is 3.51. The summed E-state index contributed by atoms with van der Waals surface area (Å²) >= 11 is 0. The van der Waals surface area contributed by atoms with E-state index in [2.05, 4.69) is 5.32 Å². The van der Waals surface area contributed by atoms with Gasteiger partial charge in [-0.1, -0.05) is 19.8 Å². The number of carboxylic acid groups (broad SMARTS) is 1. The van der Waals surface area contributed by atoms with E-state index in [9.17, 15) is 9.59 Å². The summed E-state index contributed by atoms with van der Waals surface area (Å²) < 4.78 is 0. The number of carboxylic acids is 1. The number of nitrogens with two attached hydrogens (primary N) is 1. The molecule has 0 heterocycles. The largest absolute Gasteiger partial charge is 0.481 e. The van der Waals surface area contributed by atoms with Crippen LogP contribution in [0.4, 0.5) is 0 Å². The van der Waals surface area contributed by atoms with Gasteiger partial charge in [-0.2, -0.15) is 0 Å². The van der Waals surface area contributed by atoms with Crippen molar-refractivity contribution in [2.24, 2.45) is 11.1 Å². The number of carbonyl (C=O) groups is 2. The maximum atomic E-state index is 11.6. The van der Waals surface area contributed by atoms with Crippen LogP contribution >= 0.6 is 0 Å². The molecule has 0 saturated heterocycles. The van der Waals surface area contributed by atoms with Crippen LogP contribution in [0.5, 0.6) is 0 Å². The van der Waals surface area contributed by atoms with Crippen LogP contribution < -0.4 is 11.1 Å². The van der Waals surface area contributed by atoms with E-state index in [1.165, 1.54) is 0 Å². The number of amides is 1. The number of hydrogen-bond acceptors (Lipinski definition) is 3. The molecule has 0 aromatic heterocycles. The minimum atomic E-state index is -0.795. The number of hydrogen-bond donors (Lipinski definition) is 3. The van der Waals surface area contributed by atoms with Crippen molar-refractivity contribution in [2.75, 3.05) is 6.54 Å². The SMILES string of the molecule is CCCC(N)C(=O)NCC1(CC(=O)O)CCC1. The summed E-state index contributed by atoms with van der Waals surface area (Å²) in [5.74, 6) is -0.958. The molecule has 17 heavy (non-hydrogen) atoms. The zero-order valence-corrected chi connectivity index (χ0v) is 10.4. The second-order valence-electron chi connectivity index (χ2n) is 5.04. The van der Waals surface area contributed by atoms with Crippen LogP contribution in [-0.2, 0) is 9.59 Å². The standard InChI is InChI=1S/C12H22N2O3/c1-2-4-9(13)11(17)14-8-12(5-3-6-12)7-10(15)16/h9H,2-8,13H2,1H3,(H,14,17)(H,15,16). The lowest BCUT2D eigenvalue weighted by atomic mass is 9.66. The molecule has 1 amide bonds. The summed E-state index contributed by atoms with van der Waals surface area (Å²) in [6.45, 7) is 2.42. The van der Waals surface area contributed by atoms with E-state index in [1.54, 1.807) is 0 Å². The highest BCUT2D eigenvalue weighted by Gasteiger charge is 2.39. The van der Waals surface area contributed by atoms with E-state index in [1.807, 2.05) is 6.92 Å². The van der Waals surface area contributed by atoms with Crippen molar-refractivity contribution in [3.8, 4) is 0 Å². The lowest BCUT2D eigenvalue weighted by molar-refractivity contribution is -0.142. The first kappa shape index (κ1) is 14.0. The summed E-state index contributed by atoms with van der Waals surface area (Å²) in [7, 11) is 0. The summed E-state index contributed by atoms with van der Waals surface area (Å²) in [6, 6.07) is -0.470. The molecule has 1 atom stereocenters. The molecule has 1 unspecified atom stereocenters. The van der Waals surface area contributed by atoms with E-state index in [0.29, 0.717) is 13.0 Å². The first-order valence-corrected chi connectivity index (χ1v) is 6.24. The van der Waals surface area contributed by atoms with Crippen LogP contribution in [0.3, 0.4) is 0 Å².